The van der Waals surface area contributed by atoms with E-state index >= 15 is 0 Å². The average molecular weight is 353 g/mol. The molecule has 7 heteroatoms. The maximum atomic E-state index is 13.3. The second-order valence-electron chi connectivity index (χ2n) is 4.48. The lowest BCUT2D eigenvalue weighted by Gasteiger charge is -2.10. The van der Waals surface area contributed by atoms with Gasteiger partial charge >= 0.3 is 0 Å². The van der Waals surface area contributed by atoms with E-state index in [-0.39, 0.29) is 9.37 Å². The van der Waals surface area contributed by atoms with Crippen LogP contribution in [0.15, 0.2) is 27.6 Å². The summed E-state index contributed by atoms with van der Waals surface area (Å²) in [5.74, 6) is -0.588. The van der Waals surface area contributed by atoms with Crippen molar-refractivity contribution in [2.75, 3.05) is 27.2 Å². The lowest BCUT2D eigenvalue weighted by molar-refractivity contribution is 0.394. The van der Waals surface area contributed by atoms with E-state index in [9.17, 15) is 12.8 Å². The Morgan fingerprint density at radius 3 is 2.58 bits per heavy atom. The Labute approximate surface area is 122 Å². The first-order valence-electron chi connectivity index (χ1n) is 5.92. The van der Waals surface area contributed by atoms with Crippen LogP contribution in [0, 0.1) is 5.82 Å². The zero-order chi connectivity index (χ0) is 14.5. The molecule has 19 heavy (non-hydrogen) atoms. The number of rotatable bonds is 7. The molecule has 0 aromatic heterocycles. The lowest BCUT2D eigenvalue weighted by atomic mass is 10.3. The Balaban J connectivity index is 2.54. The summed E-state index contributed by atoms with van der Waals surface area (Å²) in [6.45, 7) is 1.27. The van der Waals surface area contributed by atoms with Crippen molar-refractivity contribution < 1.29 is 12.8 Å². The minimum absolute atomic E-state index is 0.0548. The van der Waals surface area contributed by atoms with E-state index in [2.05, 4.69) is 20.7 Å². The van der Waals surface area contributed by atoms with E-state index in [1.807, 2.05) is 19.0 Å². The van der Waals surface area contributed by atoms with Crippen LogP contribution in [-0.2, 0) is 10.0 Å². The van der Waals surface area contributed by atoms with Crippen LogP contribution in [0.1, 0.15) is 12.8 Å². The van der Waals surface area contributed by atoms with Gasteiger partial charge in [-0.25, -0.2) is 17.5 Å². The molecule has 0 saturated carbocycles. The fourth-order valence-electron chi connectivity index (χ4n) is 1.49. The predicted octanol–water partition coefficient (Wildman–Crippen LogP) is 2.21. The van der Waals surface area contributed by atoms with E-state index in [4.69, 9.17) is 0 Å². The Morgan fingerprint density at radius 1 is 1.32 bits per heavy atom. The highest BCUT2D eigenvalue weighted by molar-refractivity contribution is 9.10. The second-order valence-corrected chi connectivity index (χ2v) is 7.11. The Morgan fingerprint density at radius 2 is 2.00 bits per heavy atom. The zero-order valence-corrected chi connectivity index (χ0v) is 13.4. The molecule has 0 aliphatic carbocycles. The second kappa shape index (κ2) is 7.33. The van der Waals surface area contributed by atoms with Gasteiger partial charge in [0, 0.05) is 6.54 Å². The molecule has 0 aliphatic heterocycles. The summed E-state index contributed by atoms with van der Waals surface area (Å²) in [6, 6.07) is 3.76. The van der Waals surface area contributed by atoms with E-state index in [0.29, 0.717) is 6.54 Å². The third-order valence-corrected chi connectivity index (χ3v) is 4.63. The van der Waals surface area contributed by atoms with Crippen LogP contribution in [0.3, 0.4) is 0 Å². The maximum Gasteiger partial charge on any atom is 0.240 e. The molecule has 0 radical (unpaired) electrons. The summed E-state index contributed by atoms with van der Waals surface area (Å²) in [6.07, 6.45) is 1.65. The number of halogens is 2. The number of unbranched alkanes of at least 4 members (excludes halogenated alkanes) is 1. The summed E-state index contributed by atoms with van der Waals surface area (Å²) in [5, 5.41) is 0. The molecule has 0 fully saturated rings. The molecular formula is C12H18BrFN2O2S. The number of hydrogen-bond donors (Lipinski definition) is 1. The van der Waals surface area contributed by atoms with Crippen molar-refractivity contribution in [3.05, 3.63) is 28.5 Å². The summed E-state index contributed by atoms with van der Waals surface area (Å²) >= 11 is 2.99. The monoisotopic (exact) mass is 352 g/mol. The first-order valence-corrected chi connectivity index (χ1v) is 8.20. The summed E-state index contributed by atoms with van der Waals surface area (Å²) < 4.78 is 39.8. The molecule has 1 aromatic rings. The van der Waals surface area contributed by atoms with E-state index in [1.54, 1.807) is 0 Å². The van der Waals surface area contributed by atoms with Gasteiger partial charge in [0.2, 0.25) is 10.0 Å². The van der Waals surface area contributed by atoms with Crippen molar-refractivity contribution >= 4 is 26.0 Å². The zero-order valence-electron chi connectivity index (χ0n) is 11.0. The average Bonchev–Trinajstić information content (AvgIpc) is 2.31. The quantitative estimate of drug-likeness (QED) is 0.765. The van der Waals surface area contributed by atoms with Crippen LogP contribution < -0.4 is 4.72 Å². The van der Waals surface area contributed by atoms with Gasteiger partial charge in [-0.3, -0.25) is 0 Å². The molecule has 0 spiro atoms. The highest BCUT2D eigenvalue weighted by atomic mass is 79.9. The fourth-order valence-corrected chi connectivity index (χ4v) is 2.82. The van der Waals surface area contributed by atoms with Crippen LogP contribution in [0.4, 0.5) is 4.39 Å². The number of sulfonamides is 1. The van der Waals surface area contributed by atoms with Gasteiger partial charge in [-0.05, 0) is 67.6 Å². The highest BCUT2D eigenvalue weighted by Gasteiger charge is 2.15. The van der Waals surface area contributed by atoms with Gasteiger partial charge in [-0.2, -0.15) is 0 Å². The van der Waals surface area contributed by atoms with Crippen molar-refractivity contribution in [2.45, 2.75) is 17.7 Å². The summed E-state index contributed by atoms with van der Waals surface area (Å²) in [4.78, 5) is 1.99. The summed E-state index contributed by atoms with van der Waals surface area (Å²) in [5.41, 5.74) is 0. The standard InChI is InChI=1S/C12H18BrFN2O2S/c1-16(2)8-4-3-7-15-19(17,18)10-5-6-11(13)12(14)9-10/h5-6,9,15H,3-4,7-8H2,1-2H3. The number of hydrogen-bond acceptors (Lipinski definition) is 3. The van der Waals surface area contributed by atoms with Crippen molar-refractivity contribution in [3.8, 4) is 0 Å². The molecule has 0 amide bonds. The number of nitrogens with one attached hydrogen (secondary N) is 1. The van der Waals surface area contributed by atoms with Gasteiger partial charge in [0.15, 0.2) is 0 Å². The molecule has 0 bridgehead atoms. The smallest absolute Gasteiger partial charge is 0.240 e. The van der Waals surface area contributed by atoms with Gasteiger partial charge in [-0.1, -0.05) is 0 Å². The normalized spacial score (nSPS) is 12.1. The molecule has 1 rings (SSSR count). The molecule has 1 N–H and O–H groups in total. The van der Waals surface area contributed by atoms with Crippen LogP contribution in [0.25, 0.3) is 0 Å². The Bertz CT molecular complexity index is 520. The van der Waals surface area contributed by atoms with Gasteiger partial charge in [0.1, 0.15) is 5.82 Å². The molecule has 0 heterocycles. The highest BCUT2D eigenvalue weighted by Crippen LogP contribution is 2.19. The molecule has 0 saturated heterocycles. The van der Waals surface area contributed by atoms with Gasteiger partial charge in [-0.15, -0.1) is 0 Å². The third kappa shape index (κ3) is 5.56. The van der Waals surface area contributed by atoms with Crippen molar-refractivity contribution in [1.29, 1.82) is 0 Å². The number of nitrogens with zero attached hydrogens (tertiary/aromatic N) is 1. The molecule has 4 nitrogen and oxygen atoms in total. The minimum Gasteiger partial charge on any atom is -0.309 e. The largest absolute Gasteiger partial charge is 0.309 e. The van der Waals surface area contributed by atoms with Crippen LogP contribution in [-0.4, -0.2) is 40.5 Å². The van der Waals surface area contributed by atoms with E-state index < -0.39 is 15.8 Å². The SMILES string of the molecule is CN(C)CCCCNS(=O)(=O)c1ccc(Br)c(F)c1. The van der Waals surface area contributed by atoms with Crippen LogP contribution >= 0.6 is 15.9 Å². The number of benzene rings is 1. The molecule has 108 valence electrons. The molecule has 1 aromatic carbocycles. The Hall–Kier alpha value is -0.500. The van der Waals surface area contributed by atoms with Crippen molar-refractivity contribution in [3.63, 3.8) is 0 Å². The summed E-state index contributed by atoms with van der Waals surface area (Å²) in [7, 11) is 0.309. The lowest BCUT2D eigenvalue weighted by Crippen LogP contribution is -2.25. The molecule has 0 unspecified atom stereocenters. The fraction of sp³-hybridized carbons (Fsp3) is 0.500. The maximum absolute atomic E-state index is 13.3. The topological polar surface area (TPSA) is 49.4 Å². The van der Waals surface area contributed by atoms with Crippen molar-refractivity contribution in [2.24, 2.45) is 0 Å². The molecule has 0 atom stereocenters. The van der Waals surface area contributed by atoms with Crippen LogP contribution in [0.5, 0.6) is 0 Å². The van der Waals surface area contributed by atoms with Gasteiger partial charge in [0.05, 0.1) is 9.37 Å². The van der Waals surface area contributed by atoms with Crippen LogP contribution in [0.2, 0.25) is 0 Å². The van der Waals surface area contributed by atoms with Gasteiger partial charge < -0.3 is 4.90 Å². The Kier molecular flexibility index (Phi) is 6.38. The predicted molar refractivity (Wildman–Crippen MR) is 77.1 cm³/mol. The minimum atomic E-state index is -3.62. The third-order valence-electron chi connectivity index (χ3n) is 2.53. The first-order chi connectivity index (χ1) is 8.83. The molecule has 0 aliphatic rings. The molecular weight excluding hydrogens is 335 g/mol. The van der Waals surface area contributed by atoms with Gasteiger partial charge in [0.25, 0.3) is 0 Å². The first kappa shape index (κ1) is 16.6. The van der Waals surface area contributed by atoms with E-state index in [0.717, 1.165) is 25.5 Å². The van der Waals surface area contributed by atoms with E-state index in [1.165, 1.54) is 12.1 Å². The van der Waals surface area contributed by atoms with Crippen molar-refractivity contribution in [1.82, 2.24) is 9.62 Å².